The quantitative estimate of drug-likeness (QED) is 0.264. The van der Waals surface area contributed by atoms with E-state index in [1.54, 1.807) is 0 Å². The highest BCUT2D eigenvalue weighted by molar-refractivity contribution is 6.02. The van der Waals surface area contributed by atoms with Crippen LogP contribution in [0.2, 0.25) is 0 Å². The summed E-state index contributed by atoms with van der Waals surface area (Å²) in [7, 11) is 0. The number of likely N-dealkylation sites (tertiary alicyclic amines) is 2. The molecule has 7 rings (SSSR count). The lowest BCUT2D eigenvalue weighted by molar-refractivity contribution is 0.0895. The highest BCUT2D eigenvalue weighted by atomic mass is 16.1. The predicted octanol–water partition coefficient (Wildman–Crippen LogP) is 7.08. The fourth-order valence-electron chi connectivity index (χ4n) is 7.71. The van der Waals surface area contributed by atoms with Gasteiger partial charge in [-0.3, -0.25) is 14.6 Å². The van der Waals surface area contributed by atoms with Crippen LogP contribution in [0, 0.1) is 23.2 Å². The summed E-state index contributed by atoms with van der Waals surface area (Å²) >= 11 is 0. The maximum atomic E-state index is 13.4. The van der Waals surface area contributed by atoms with Gasteiger partial charge in [0.1, 0.15) is 0 Å². The first-order valence-corrected chi connectivity index (χ1v) is 15.8. The number of Topliss-reactive ketones (excluding diaryl/α,β-unsaturated/α-hetero) is 1. The second kappa shape index (κ2) is 11.9. The van der Waals surface area contributed by atoms with Crippen molar-refractivity contribution in [3.8, 4) is 6.07 Å². The minimum Gasteiger partial charge on any atom is -0.361 e. The van der Waals surface area contributed by atoms with E-state index in [1.807, 2.05) is 18.2 Å². The Morgan fingerprint density at radius 2 is 1.62 bits per heavy atom. The van der Waals surface area contributed by atoms with Gasteiger partial charge in [0.25, 0.3) is 0 Å². The Balaban J connectivity index is 0.918. The van der Waals surface area contributed by atoms with Crippen molar-refractivity contribution in [1.82, 2.24) is 14.8 Å². The van der Waals surface area contributed by atoms with Gasteiger partial charge in [0, 0.05) is 41.7 Å². The van der Waals surface area contributed by atoms with Crippen LogP contribution >= 0.6 is 0 Å². The average Bonchev–Trinajstić information content (AvgIpc) is 3.58. The molecule has 2 aliphatic heterocycles. The van der Waals surface area contributed by atoms with Crippen LogP contribution in [0.3, 0.4) is 0 Å². The zero-order valence-electron chi connectivity index (χ0n) is 24.4. The molecule has 1 aromatic heterocycles. The topological polar surface area (TPSA) is 63.1 Å². The van der Waals surface area contributed by atoms with E-state index in [2.05, 4.69) is 75.6 Å². The number of carbonyl (C=O) groups excluding carboxylic acids is 1. The van der Waals surface area contributed by atoms with E-state index < -0.39 is 0 Å². The summed E-state index contributed by atoms with van der Waals surface area (Å²) in [6.45, 7) is 6.35. The smallest absolute Gasteiger partial charge is 0.166 e. The van der Waals surface area contributed by atoms with Crippen LogP contribution in [-0.2, 0) is 19.5 Å². The number of aromatic amines is 1. The highest BCUT2D eigenvalue weighted by Gasteiger charge is 2.34. The molecule has 3 heterocycles. The monoisotopic (exact) mass is 556 g/mol. The Morgan fingerprint density at radius 3 is 2.40 bits per heavy atom. The van der Waals surface area contributed by atoms with Crippen molar-refractivity contribution in [2.45, 2.75) is 57.5 Å². The van der Waals surface area contributed by atoms with Gasteiger partial charge in [0.05, 0.1) is 11.6 Å². The molecule has 0 saturated carbocycles. The van der Waals surface area contributed by atoms with Gasteiger partial charge in [-0.15, -0.1) is 0 Å². The van der Waals surface area contributed by atoms with Crippen molar-refractivity contribution >= 4 is 16.7 Å². The molecule has 3 aliphatic rings. The van der Waals surface area contributed by atoms with Crippen LogP contribution in [0.15, 0.2) is 72.9 Å². The number of piperidine rings is 2. The van der Waals surface area contributed by atoms with Crippen molar-refractivity contribution in [3.05, 3.63) is 106 Å². The fraction of sp³-hybridized carbons (Fsp3) is 0.405. The summed E-state index contributed by atoms with van der Waals surface area (Å²) in [5.74, 6) is 1.77. The number of hydrogen-bond donors (Lipinski definition) is 1. The molecule has 42 heavy (non-hydrogen) atoms. The van der Waals surface area contributed by atoms with Gasteiger partial charge < -0.3 is 4.98 Å². The number of ketones is 1. The van der Waals surface area contributed by atoms with Crippen LogP contribution in [0.1, 0.15) is 76.2 Å². The molecule has 0 amide bonds. The number of nitrogens with one attached hydrogen (secondary N) is 1. The van der Waals surface area contributed by atoms with Crippen molar-refractivity contribution < 1.29 is 4.79 Å². The molecule has 2 saturated heterocycles. The second-order valence-electron chi connectivity index (χ2n) is 12.9. The van der Waals surface area contributed by atoms with E-state index in [0.717, 1.165) is 81.4 Å². The normalized spacial score (nSPS) is 20.6. The number of rotatable bonds is 7. The molecule has 1 aliphatic carbocycles. The maximum Gasteiger partial charge on any atom is 0.166 e. The number of nitriles is 1. The van der Waals surface area contributed by atoms with Gasteiger partial charge in [0.15, 0.2) is 5.78 Å². The molecule has 214 valence electrons. The number of nitrogens with zero attached hydrogens (tertiary/aromatic N) is 3. The molecule has 1 atom stereocenters. The fourth-order valence-corrected chi connectivity index (χ4v) is 7.71. The van der Waals surface area contributed by atoms with Crippen LogP contribution in [-0.4, -0.2) is 46.7 Å². The van der Waals surface area contributed by atoms with Gasteiger partial charge >= 0.3 is 0 Å². The van der Waals surface area contributed by atoms with Gasteiger partial charge in [-0.25, -0.2) is 0 Å². The summed E-state index contributed by atoms with van der Waals surface area (Å²) < 4.78 is 0. The predicted molar refractivity (Wildman–Crippen MR) is 167 cm³/mol. The van der Waals surface area contributed by atoms with Gasteiger partial charge in [0.2, 0.25) is 0 Å². The first-order valence-electron chi connectivity index (χ1n) is 15.8. The Morgan fingerprint density at radius 1 is 0.857 bits per heavy atom. The lowest BCUT2D eigenvalue weighted by atomic mass is 9.85. The summed E-state index contributed by atoms with van der Waals surface area (Å²) in [4.78, 5) is 21.8. The van der Waals surface area contributed by atoms with Crippen molar-refractivity contribution in [2.75, 3.05) is 26.2 Å². The number of carbonyl (C=O) groups is 1. The summed E-state index contributed by atoms with van der Waals surface area (Å²) in [6.07, 6.45) is 8.76. The van der Waals surface area contributed by atoms with E-state index in [0.29, 0.717) is 23.2 Å². The van der Waals surface area contributed by atoms with Crippen LogP contribution in [0.5, 0.6) is 0 Å². The average molecular weight is 557 g/mol. The second-order valence-corrected chi connectivity index (χ2v) is 12.9. The van der Waals surface area contributed by atoms with Crippen LogP contribution in [0.4, 0.5) is 0 Å². The Hall–Kier alpha value is -3.72. The van der Waals surface area contributed by atoms with Gasteiger partial charge in [-0.2, -0.15) is 5.26 Å². The molecule has 4 aromatic rings. The van der Waals surface area contributed by atoms with Crippen molar-refractivity contribution in [3.63, 3.8) is 0 Å². The molecule has 0 radical (unpaired) electrons. The minimum absolute atomic E-state index is 0.167. The summed E-state index contributed by atoms with van der Waals surface area (Å²) in [5.41, 5.74) is 8.16. The molecular formula is C37H40N4O. The van der Waals surface area contributed by atoms with E-state index >= 15 is 0 Å². The zero-order valence-corrected chi connectivity index (χ0v) is 24.4. The molecular weight excluding hydrogens is 516 g/mol. The first kappa shape index (κ1) is 27.1. The largest absolute Gasteiger partial charge is 0.361 e. The maximum absolute atomic E-state index is 13.4. The summed E-state index contributed by atoms with van der Waals surface area (Å²) in [6, 6.07) is 25.7. The Bertz CT molecular complexity index is 1600. The SMILES string of the molecule is N#Cc1ccc2[nH]cc(CN3CCC(c4ccc5c(c4)CC(CC4CCN(Cc6ccccc6)CC4)C5=O)CC3)c2c1. The molecule has 5 heteroatoms. The third-order valence-electron chi connectivity index (χ3n) is 10.2. The Labute approximate surface area is 249 Å². The number of H-pyrrole nitrogens is 1. The first-order chi connectivity index (χ1) is 20.6. The molecule has 2 fully saturated rings. The number of fused-ring (bicyclic) bond motifs is 2. The van der Waals surface area contributed by atoms with E-state index in [9.17, 15) is 10.1 Å². The number of benzene rings is 3. The molecule has 1 N–H and O–H groups in total. The lowest BCUT2D eigenvalue weighted by Crippen LogP contribution is -2.34. The van der Waals surface area contributed by atoms with Gasteiger partial charge in [-0.1, -0.05) is 48.5 Å². The van der Waals surface area contributed by atoms with Crippen LogP contribution < -0.4 is 0 Å². The zero-order chi connectivity index (χ0) is 28.5. The highest BCUT2D eigenvalue weighted by Crippen LogP contribution is 2.37. The summed E-state index contributed by atoms with van der Waals surface area (Å²) in [5, 5.41) is 10.5. The standard InChI is InChI=1S/C37H40N4O/c38-22-28-6-9-36-35(19-28)33(23-39-36)25-41-16-12-29(13-17-41)30-7-8-34-31(20-30)21-32(37(34)42)18-26-10-14-40(15-11-26)24-27-4-2-1-3-5-27/h1-9,19-20,23,26,29,32,39H,10-18,21,24-25H2. The third-order valence-corrected chi connectivity index (χ3v) is 10.2. The molecule has 1 unspecified atom stereocenters. The minimum atomic E-state index is 0.167. The molecule has 0 bridgehead atoms. The van der Waals surface area contributed by atoms with E-state index in [4.69, 9.17) is 0 Å². The van der Waals surface area contributed by atoms with Crippen molar-refractivity contribution in [2.24, 2.45) is 11.8 Å². The molecule has 5 nitrogen and oxygen atoms in total. The third kappa shape index (κ3) is 5.67. The van der Waals surface area contributed by atoms with E-state index in [-0.39, 0.29) is 5.92 Å². The lowest BCUT2D eigenvalue weighted by Gasteiger charge is -2.33. The molecule has 3 aromatic carbocycles. The Kier molecular flexibility index (Phi) is 7.67. The van der Waals surface area contributed by atoms with Crippen molar-refractivity contribution in [1.29, 1.82) is 5.26 Å². The van der Waals surface area contributed by atoms with Crippen LogP contribution in [0.25, 0.3) is 10.9 Å². The number of aromatic nitrogens is 1. The van der Waals surface area contributed by atoms with E-state index in [1.165, 1.54) is 35.1 Å². The molecule has 0 spiro atoms. The van der Waals surface area contributed by atoms with Gasteiger partial charge in [-0.05, 0) is 117 Å². The number of hydrogen-bond acceptors (Lipinski definition) is 4.